The molecule has 0 heterocycles. The molecule has 0 aliphatic heterocycles. The van der Waals surface area contributed by atoms with Crippen LogP contribution in [0.5, 0.6) is 0 Å². The Balaban J connectivity index is 1.48. The molecule has 160 valence electrons. The SMILES string of the molecule is CC(C)(C)c1ccc2c(c1)Cc1cc(N(Cc3ccccc3)Cc3ccccc3)ccc1-2. The summed E-state index contributed by atoms with van der Waals surface area (Å²) in [6.07, 6.45) is 1.02. The largest absolute Gasteiger partial charge is 0.363 e. The zero-order valence-electron chi connectivity index (χ0n) is 19.3. The molecule has 0 fully saturated rings. The summed E-state index contributed by atoms with van der Waals surface area (Å²) >= 11 is 0. The summed E-state index contributed by atoms with van der Waals surface area (Å²) in [6, 6.07) is 35.6. The molecule has 0 amide bonds. The minimum atomic E-state index is 0.178. The van der Waals surface area contributed by atoms with Crippen LogP contribution < -0.4 is 4.90 Å². The van der Waals surface area contributed by atoms with E-state index in [2.05, 4.69) is 123 Å². The number of benzene rings is 4. The van der Waals surface area contributed by atoms with Crippen molar-refractivity contribution in [1.82, 2.24) is 0 Å². The van der Waals surface area contributed by atoms with E-state index in [0.717, 1.165) is 19.5 Å². The maximum atomic E-state index is 2.49. The number of anilines is 1. The molecule has 1 aliphatic carbocycles. The molecule has 0 saturated carbocycles. The number of rotatable bonds is 5. The molecule has 0 unspecified atom stereocenters. The molecular weight excluding hydrogens is 386 g/mol. The van der Waals surface area contributed by atoms with E-state index in [1.807, 2.05) is 0 Å². The molecule has 0 spiro atoms. The number of nitrogens with zero attached hydrogens (tertiary/aromatic N) is 1. The van der Waals surface area contributed by atoms with E-state index in [1.54, 1.807) is 0 Å². The van der Waals surface area contributed by atoms with E-state index < -0.39 is 0 Å². The first-order valence-corrected chi connectivity index (χ1v) is 11.6. The van der Waals surface area contributed by atoms with Crippen molar-refractivity contribution in [2.24, 2.45) is 0 Å². The van der Waals surface area contributed by atoms with Gasteiger partial charge in [0.15, 0.2) is 0 Å². The molecule has 32 heavy (non-hydrogen) atoms. The molecule has 1 nitrogen and oxygen atoms in total. The van der Waals surface area contributed by atoms with Gasteiger partial charge in [0.1, 0.15) is 0 Å². The summed E-state index contributed by atoms with van der Waals surface area (Å²) in [5.74, 6) is 0. The fourth-order valence-corrected chi connectivity index (χ4v) is 4.71. The summed E-state index contributed by atoms with van der Waals surface area (Å²) < 4.78 is 0. The minimum absolute atomic E-state index is 0.178. The third-order valence-electron chi connectivity index (χ3n) is 6.53. The zero-order chi connectivity index (χ0) is 22.1. The first-order chi connectivity index (χ1) is 15.5. The van der Waals surface area contributed by atoms with E-state index in [-0.39, 0.29) is 5.41 Å². The van der Waals surface area contributed by atoms with E-state index in [1.165, 1.54) is 44.6 Å². The summed E-state index contributed by atoms with van der Waals surface area (Å²) in [7, 11) is 0. The highest BCUT2D eigenvalue weighted by molar-refractivity contribution is 5.79. The van der Waals surface area contributed by atoms with Crippen LogP contribution in [0.4, 0.5) is 5.69 Å². The van der Waals surface area contributed by atoms with Gasteiger partial charge < -0.3 is 4.90 Å². The molecule has 1 heteroatoms. The quantitative estimate of drug-likeness (QED) is 0.282. The van der Waals surface area contributed by atoms with E-state index in [9.17, 15) is 0 Å². The van der Waals surface area contributed by atoms with Crippen LogP contribution in [0.3, 0.4) is 0 Å². The standard InChI is InChI=1S/C31H31N/c1-31(2,3)27-14-16-29-25(19-27)18-26-20-28(15-17-30(26)29)32(21-23-10-6-4-7-11-23)22-24-12-8-5-9-13-24/h4-17,19-20H,18,21-22H2,1-3H3. The van der Waals surface area contributed by atoms with Crippen LogP contribution in [0.25, 0.3) is 11.1 Å². The molecule has 0 bridgehead atoms. The third kappa shape index (κ3) is 4.21. The molecule has 4 aromatic carbocycles. The molecule has 0 aromatic heterocycles. The molecule has 5 rings (SSSR count). The molecule has 0 saturated heterocycles. The highest BCUT2D eigenvalue weighted by atomic mass is 15.1. The monoisotopic (exact) mass is 417 g/mol. The minimum Gasteiger partial charge on any atom is -0.363 e. The van der Waals surface area contributed by atoms with Crippen LogP contribution in [0.15, 0.2) is 97.1 Å². The lowest BCUT2D eigenvalue weighted by Gasteiger charge is -2.26. The van der Waals surface area contributed by atoms with Crippen molar-refractivity contribution < 1.29 is 0 Å². The second-order valence-corrected chi connectivity index (χ2v) is 9.97. The number of hydrogen-bond donors (Lipinski definition) is 0. The average Bonchev–Trinajstić information content (AvgIpc) is 3.16. The van der Waals surface area contributed by atoms with Gasteiger partial charge in [-0.1, -0.05) is 106 Å². The van der Waals surface area contributed by atoms with Gasteiger partial charge in [-0.05, 0) is 62.9 Å². The van der Waals surface area contributed by atoms with Gasteiger partial charge in [-0.25, -0.2) is 0 Å². The van der Waals surface area contributed by atoms with Gasteiger partial charge in [0.25, 0.3) is 0 Å². The number of fused-ring (bicyclic) bond motifs is 3. The summed E-state index contributed by atoms with van der Waals surface area (Å²) in [5.41, 5.74) is 11.2. The predicted molar refractivity (Wildman–Crippen MR) is 136 cm³/mol. The average molecular weight is 418 g/mol. The lowest BCUT2D eigenvalue weighted by atomic mass is 9.85. The Hall–Kier alpha value is -3.32. The lowest BCUT2D eigenvalue weighted by molar-refractivity contribution is 0.590. The smallest absolute Gasteiger partial charge is 0.0433 e. The van der Waals surface area contributed by atoms with E-state index in [4.69, 9.17) is 0 Å². The fraction of sp³-hybridized carbons (Fsp3) is 0.226. The predicted octanol–water partition coefficient (Wildman–Crippen LogP) is 7.76. The van der Waals surface area contributed by atoms with Crippen molar-refractivity contribution in [2.45, 2.75) is 45.7 Å². The molecule has 0 atom stereocenters. The van der Waals surface area contributed by atoms with Gasteiger partial charge >= 0.3 is 0 Å². The molecule has 4 aromatic rings. The third-order valence-corrected chi connectivity index (χ3v) is 6.53. The zero-order valence-corrected chi connectivity index (χ0v) is 19.3. The Morgan fingerprint density at radius 1 is 0.625 bits per heavy atom. The maximum absolute atomic E-state index is 2.49. The van der Waals surface area contributed by atoms with Crippen molar-refractivity contribution in [3.05, 3.63) is 125 Å². The van der Waals surface area contributed by atoms with Crippen molar-refractivity contribution in [3.8, 4) is 11.1 Å². The second-order valence-electron chi connectivity index (χ2n) is 9.97. The Labute approximate surface area is 192 Å². The normalized spacial score (nSPS) is 12.3. The van der Waals surface area contributed by atoms with Crippen LogP contribution in [0.1, 0.15) is 48.6 Å². The number of hydrogen-bond acceptors (Lipinski definition) is 1. The molecule has 0 radical (unpaired) electrons. The van der Waals surface area contributed by atoms with E-state index >= 15 is 0 Å². The van der Waals surface area contributed by atoms with Crippen LogP contribution in [0.2, 0.25) is 0 Å². The van der Waals surface area contributed by atoms with Crippen molar-refractivity contribution in [2.75, 3.05) is 4.90 Å². The van der Waals surface area contributed by atoms with E-state index in [0.29, 0.717) is 0 Å². The van der Waals surface area contributed by atoms with Crippen molar-refractivity contribution in [1.29, 1.82) is 0 Å². The van der Waals surface area contributed by atoms with Crippen molar-refractivity contribution in [3.63, 3.8) is 0 Å². The Bertz CT molecular complexity index is 1180. The maximum Gasteiger partial charge on any atom is 0.0433 e. The van der Waals surface area contributed by atoms with Gasteiger partial charge in [0.2, 0.25) is 0 Å². The fourth-order valence-electron chi connectivity index (χ4n) is 4.71. The molecule has 1 aliphatic rings. The summed E-state index contributed by atoms with van der Waals surface area (Å²) in [6.45, 7) is 8.67. The second kappa shape index (κ2) is 8.31. The summed E-state index contributed by atoms with van der Waals surface area (Å²) in [4.78, 5) is 2.49. The van der Waals surface area contributed by atoms with Crippen LogP contribution in [-0.4, -0.2) is 0 Å². The van der Waals surface area contributed by atoms with Gasteiger partial charge in [0, 0.05) is 18.8 Å². The summed E-state index contributed by atoms with van der Waals surface area (Å²) in [5, 5.41) is 0. The molecular formula is C31H31N. The van der Waals surface area contributed by atoms with Gasteiger partial charge in [-0.3, -0.25) is 0 Å². The Morgan fingerprint density at radius 3 is 1.72 bits per heavy atom. The van der Waals surface area contributed by atoms with Crippen molar-refractivity contribution >= 4 is 5.69 Å². The van der Waals surface area contributed by atoms with Gasteiger partial charge in [-0.15, -0.1) is 0 Å². The Morgan fingerprint density at radius 2 is 1.16 bits per heavy atom. The molecule has 0 N–H and O–H groups in total. The topological polar surface area (TPSA) is 3.24 Å². The Kier molecular flexibility index (Phi) is 5.35. The lowest BCUT2D eigenvalue weighted by Crippen LogP contribution is -2.22. The highest BCUT2D eigenvalue weighted by Gasteiger charge is 2.23. The van der Waals surface area contributed by atoms with Gasteiger partial charge in [-0.2, -0.15) is 0 Å². The van der Waals surface area contributed by atoms with Crippen LogP contribution >= 0.6 is 0 Å². The first-order valence-electron chi connectivity index (χ1n) is 11.6. The van der Waals surface area contributed by atoms with Crippen LogP contribution in [-0.2, 0) is 24.9 Å². The highest BCUT2D eigenvalue weighted by Crippen LogP contribution is 2.40. The van der Waals surface area contributed by atoms with Gasteiger partial charge in [0.05, 0.1) is 0 Å². The van der Waals surface area contributed by atoms with Crippen LogP contribution in [0, 0.1) is 0 Å². The first kappa shape index (κ1) is 20.6.